The minimum atomic E-state index is -0.353. The summed E-state index contributed by atoms with van der Waals surface area (Å²) in [4.78, 5) is 25.5. The third kappa shape index (κ3) is 5.37. The van der Waals surface area contributed by atoms with E-state index in [0.717, 1.165) is 51.4 Å². The number of carbonyl (C=O) groups excluding carboxylic acids is 1. The minimum absolute atomic E-state index is 0.0119. The first-order chi connectivity index (χ1) is 17.0. The van der Waals surface area contributed by atoms with E-state index in [-0.39, 0.29) is 36.0 Å². The third-order valence-electron chi connectivity index (χ3n) is 7.05. The number of benzene rings is 1. The number of fused-ring (bicyclic) bond motifs is 1. The molecule has 0 spiro atoms. The quantitative estimate of drug-likeness (QED) is 0.420. The lowest BCUT2D eigenvalue weighted by Crippen LogP contribution is -2.36. The fraction of sp³-hybridized carbons (Fsp3) is 0.520. The molecular formula is C25H32FN7O2. The van der Waals surface area contributed by atoms with Crippen LogP contribution in [0.4, 0.5) is 22.0 Å². The van der Waals surface area contributed by atoms with Crippen LogP contribution in [0.1, 0.15) is 64.3 Å². The second kappa shape index (κ2) is 10.2. The highest BCUT2D eigenvalue weighted by atomic mass is 19.1. The molecule has 2 saturated carbocycles. The molecule has 0 radical (unpaired) electrons. The molecular weight excluding hydrogens is 449 g/mol. The van der Waals surface area contributed by atoms with Crippen molar-refractivity contribution in [3.05, 3.63) is 36.3 Å². The molecule has 10 heteroatoms. The molecule has 2 aliphatic carbocycles. The Morgan fingerprint density at radius 1 is 1.03 bits per heavy atom. The molecule has 9 nitrogen and oxygen atoms in total. The number of amides is 1. The molecule has 0 bridgehead atoms. The summed E-state index contributed by atoms with van der Waals surface area (Å²) in [6, 6.07) is 7.01. The average molecular weight is 482 g/mol. The van der Waals surface area contributed by atoms with E-state index in [1.807, 2.05) is 0 Å². The van der Waals surface area contributed by atoms with Gasteiger partial charge in [-0.3, -0.25) is 9.36 Å². The molecule has 2 fully saturated rings. The van der Waals surface area contributed by atoms with Crippen molar-refractivity contribution >= 4 is 34.7 Å². The summed E-state index contributed by atoms with van der Waals surface area (Å²) in [5.41, 5.74) is 1.68. The van der Waals surface area contributed by atoms with Gasteiger partial charge < -0.3 is 21.1 Å². The smallest absolute Gasteiger partial charge is 0.224 e. The number of aliphatic hydroxyl groups is 1. The zero-order valence-electron chi connectivity index (χ0n) is 19.9. The number of aromatic nitrogens is 4. The highest BCUT2D eigenvalue weighted by molar-refractivity contribution is 5.77. The molecule has 4 N–H and O–H groups in total. The Morgan fingerprint density at radius 2 is 1.74 bits per heavy atom. The molecule has 2 aromatic heterocycles. The summed E-state index contributed by atoms with van der Waals surface area (Å²) >= 11 is 0. The number of hydrogen-bond acceptors (Lipinski definition) is 7. The number of hydrogen-bond donors (Lipinski definition) is 4. The Labute approximate surface area is 203 Å². The summed E-state index contributed by atoms with van der Waals surface area (Å²) in [6.45, 7) is 1.55. The largest absolute Gasteiger partial charge is 0.393 e. The van der Waals surface area contributed by atoms with Crippen LogP contribution < -0.4 is 16.0 Å². The topological polar surface area (TPSA) is 117 Å². The fourth-order valence-corrected chi connectivity index (χ4v) is 5.25. The van der Waals surface area contributed by atoms with Crippen LogP contribution in [-0.2, 0) is 4.79 Å². The predicted molar refractivity (Wildman–Crippen MR) is 132 cm³/mol. The summed E-state index contributed by atoms with van der Waals surface area (Å²) in [6.07, 6.45) is 8.15. The maximum absolute atomic E-state index is 14.4. The van der Waals surface area contributed by atoms with Crippen molar-refractivity contribution in [3.63, 3.8) is 0 Å². The first-order valence-corrected chi connectivity index (χ1v) is 12.4. The number of halogens is 1. The number of aliphatic hydroxyl groups excluding tert-OH is 1. The molecule has 0 aliphatic heterocycles. The van der Waals surface area contributed by atoms with Crippen molar-refractivity contribution < 1.29 is 14.3 Å². The lowest BCUT2D eigenvalue weighted by atomic mass is 9.91. The zero-order chi connectivity index (χ0) is 24.4. The van der Waals surface area contributed by atoms with Gasteiger partial charge in [0, 0.05) is 25.0 Å². The van der Waals surface area contributed by atoms with E-state index >= 15 is 0 Å². The average Bonchev–Trinajstić information content (AvgIpc) is 3.19. The molecule has 35 heavy (non-hydrogen) atoms. The van der Waals surface area contributed by atoms with Crippen molar-refractivity contribution in [2.45, 2.75) is 82.5 Å². The first-order valence-electron chi connectivity index (χ1n) is 12.4. The monoisotopic (exact) mass is 481 g/mol. The first kappa shape index (κ1) is 23.5. The van der Waals surface area contributed by atoms with Crippen molar-refractivity contribution in [2.24, 2.45) is 0 Å². The summed E-state index contributed by atoms with van der Waals surface area (Å²) in [7, 11) is 0. The van der Waals surface area contributed by atoms with E-state index in [1.165, 1.54) is 6.07 Å². The van der Waals surface area contributed by atoms with Gasteiger partial charge in [0.05, 0.1) is 18.0 Å². The molecule has 0 saturated heterocycles. The van der Waals surface area contributed by atoms with Gasteiger partial charge in [0.2, 0.25) is 17.8 Å². The van der Waals surface area contributed by atoms with E-state index in [1.54, 1.807) is 31.3 Å². The van der Waals surface area contributed by atoms with Crippen LogP contribution in [0.15, 0.2) is 30.5 Å². The molecule has 186 valence electrons. The summed E-state index contributed by atoms with van der Waals surface area (Å²) in [5, 5.41) is 19.4. The van der Waals surface area contributed by atoms with Gasteiger partial charge in [-0.15, -0.1) is 0 Å². The SMILES string of the molecule is CC(=O)NC1CCC(n2c(Nc3ccccc3F)nc3cnc(NC4CCC(O)CC4)nc32)CC1. The van der Waals surface area contributed by atoms with Crippen molar-refractivity contribution in [1.29, 1.82) is 0 Å². The van der Waals surface area contributed by atoms with E-state index in [9.17, 15) is 14.3 Å². The second-order valence-electron chi connectivity index (χ2n) is 9.67. The van der Waals surface area contributed by atoms with Crippen LogP contribution in [-0.4, -0.2) is 48.7 Å². The van der Waals surface area contributed by atoms with Crippen LogP contribution in [0.25, 0.3) is 11.2 Å². The van der Waals surface area contributed by atoms with Crippen LogP contribution in [0, 0.1) is 5.82 Å². The van der Waals surface area contributed by atoms with Crippen LogP contribution >= 0.6 is 0 Å². The number of nitrogens with one attached hydrogen (secondary N) is 3. The summed E-state index contributed by atoms with van der Waals surface area (Å²) < 4.78 is 16.5. The fourth-order valence-electron chi connectivity index (χ4n) is 5.25. The van der Waals surface area contributed by atoms with E-state index in [0.29, 0.717) is 28.7 Å². The number of para-hydroxylation sites is 1. The van der Waals surface area contributed by atoms with E-state index in [4.69, 9.17) is 9.97 Å². The van der Waals surface area contributed by atoms with Crippen LogP contribution in [0.3, 0.4) is 0 Å². The maximum atomic E-state index is 14.4. The summed E-state index contributed by atoms with van der Waals surface area (Å²) in [5.74, 6) is 0.695. The second-order valence-corrected chi connectivity index (χ2v) is 9.67. The Kier molecular flexibility index (Phi) is 6.81. The highest BCUT2D eigenvalue weighted by Gasteiger charge is 2.28. The number of anilines is 3. The predicted octanol–water partition coefficient (Wildman–Crippen LogP) is 4.04. The Balaban J connectivity index is 1.45. The minimum Gasteiger partial charge on any atom is -0.393 e. The van der Waals surface area contributed by atoms with Crippen molar-refractivity contribution in [1.82, 2.24) is 24.8 Å². The molecule has 2 aliphatic rings. The normalized spacial score (nSPS) is 24.8. The number of imidazole rings is 1. The molecule has 2 heterocycles. The molecule has 0 atom stereocenters. The Bertz CT molecular complexity index is 1180. The van der Waals surface area contributed by atoms with Gasteiger partial charge in [0.15, 0.2) is 5.65 Å². The van der Waals surface area contributed by atoms with Gasteiger partial charge >= 0.3 is 0 Å². The van der Waals surface area contributed by atoms with Gasteiger partial charge in [0.25, 0.3) is 0 Å². The molecule has 3 aromatic rings. The van der Waals surface area contributed by atoms with Gasteiger partial charge in [-0.1, -0.05) is 12.1 Å². The standard InChI is InChI=1S/C25H32FN7O2/c1-15(34)28-16-6-10-18(11-7-16)33-23-22(31-25(33)30-21-5-3-2-4-20(21)26)14-27-24(32-23)29-17-8-12-19(35)13-9-17/h2-5,14,16-19,35H,6-13H2,1H3,(H,28,34)(H,30,31)(H,27,29,32). The number of nitrogens with zero attached hydrogens (tertiary/aromatic N) is 4. The number of rotatable bonds is 6. The zero-order valence-corrected chi connectivity index (χ0v) is 19.9. The van der Waals surface area contributed by atoms with Crippen molar-refractivity contribution in [3.8, 4) is 0 Å². The highest BCUT2D eigenvalue weighted by Crippen LogP contribution is 2.35. The van der Waals surface area contributed by atoms with Crippen molar-refractivity contribution in [2.75, 3.05) is 10.6 Å². The van der Waals surface area contributed by atoms with E-state index in [2.05, 4.69) is 25.5 Å². The van der Waals surface area contributed by atoms with Gasteiger partial charge in [-0.25, -0.2) is 14.4 Å². The Hall–Kier alpha value is -3.27. The third-order valence-corrected chi connectivity index (χ3v) is 7.05. The molecule has 5 rings (SSSR count). The molecule has 1 aromatic carbocycles. The Morgan fingerprint density at radius 3 is 2.46 bits per heavy atom. The molecule has 0 unspecified atom stereocenters. The molecule has 1 amide bonds. The maximum Gasteiger partial charge on any atom is 0.224 e. The number of carbonyl (C=O) groups is 1. The van der Waals surface area contributed by atoms with Crippen LogP contribution in [0.5, 0.6) is 0 Å². The lowest BCUT2D eigenvalue weighted by molar-refractivity contribution is -0.119. The van der Waals surface area contributed by atoms with Gasteiger partial charge in [0.1, 0.15) is 11.3 Å². The van der Waals surface area contributed by atoms with Gasteiger partial charge in [-0.05, 0) is 63.5 Å². The lowest BCUT2D eigenvalue weighted by Gasteiger charge is -2.30. The van der Waals surface area contributed by atoms with E-state index < -0.39 is 0 Å². The van der Waals surface area contributed by atoms with Crippen LogP contribution in [0.2, 0.25) is 0 Å². The van der Waals surface area contributed by atoms with Gasteiger partial charge in [-0.2, -0.15) is 4.98 Å².